The fraction of sp³-hybridized carbons (Fsp3) is 0.188. The molecule has 0 bridgehead atoms. The Bertz CT molecular complexity index is 676. The highest BCUT2D eigenvalue weighted by atomic mass is 79.9. The van der Waals surface area contributed by atoms with E-state index in [9.17, 15) is 4.79 Å². The number of nitrogens with one attached hydrogen (secondary N) is 1. The number of carboxylic acids is 1. The van der Waals surface area contributed by atoms with E-state index in [4.69, 9.17) is 5.11 Å². The molecular weight excluding hydrogens is 398 g/mol. The average molecular weight is 413 g/mol. The standard InChI is InChI=1S/C16H15Br2NO2/c1-9-5-13(17)6-10(2)15(9)19-8-12-4-3-11(16(20)21)7-14(12)18/h3-7,19H,8H2,1-2H3,(H,20,21). The molecule has 0 aliphatic rings. The van der Waals surface area contributed by atoms with Crippen molar-refractivity contribution in [3.63, 3.8) is 0 Å². The summed E-state index contributed by atoms with van der Waals surface area (Å²) in [5, 5.41) is 12.4. The molecule has 0 radical (unpaired) electrons. The van der Waals surface area contributed by atoms with Crippen molar-refractivity contribution < 1.29 is 9.90 Å². The lowest BCUT2D eigenvalue weighted by Crippen LogP contribution is -2.05. The van der Waals surface area contributed by atoms with E-state index in [0.717, 1.165) is 20.2 Å². The van der Waals surface area contributed by atoms with Gasteiger partial charge in [0.15, 0.2) is 0 Å². The van der Waals surface area contributed by atoms with Crippen LogP contribution >= 0.6 is 31.9 Å². The molecule has 0 aliphatic heterocycles. The summed E-state index contributed by atoms with van der Waals surface area (Å²) in [6.07, 6.45) is 0. The molecule has 0 heterocycles. The fourth-order valence-electron chi connectivity index (χ4n) is 2.20. The third-order valence-corrected chi connectivity index (χ3v) is 4.45. The van der Waals surface area contributed by atoms with Gasteiger partial charge in [0, 0.05) is 21.2 Å². The Morgan fingerprint density at radius 1 is 1.14 bits per heavy atom. The van der Waals surface area contributed by atoms with Gasteiger partial charge in [-0.05, 0) is 54.8 Å². The molecule has 0 aliphatic carbocycles. The highest BCUT2D eigenvalue weighted by Gasteiger charge is 2.08. The third-order valence-electron chi connectivity index (χ3n) is 3.25. The first kappa shape index (κ1) is 16.0. The molecule has 2 aromatic rings. The predicted octanol–water partition coefficient (Wildman–Crippen LogP) is 5.14. The number of benzene rings is 2. The van der Waals surface area contributed by atoms with Crippen LogP contribution in [0, 0.1) is 13.8 Å². The van der Waals surface area contributed by atoms with E-state index in [1.54, 1.807) is 12.1 Å². The van der Waals surface area contributed by atoms with Gasteiger partial charge in [-0.25, -0.2) is 4.79 Å². The van der Waals surface area contributed by atoms with Crippen molar-refractivity contribution in [2.45, 2.75) is 20.4 Å². The summed E-state index contributed by atoms with van der Waals surface area (Å²) in [7, 11) is 0. The summed E-state index contributed by atoms with van der Waals surface area (Å²) in [6, 6.07) is 9.20. The summed E-state index contributed by atoms with van der Waals surface area (Å²) >= 11 is 6.91. The lowest BCUT2D eigenvalue weighted by molar-refractivity contribution is 0.0697. The molecule has 5 heteroatoms. The van der Waals surface area contributed by atoms with Crippen molar-refractivity contribution in [1.82, 2.24) is 0 Å². The molecule has 2 aromatic carbocycles. The van der Waals surface area contributed by atoms with Crippen LogP contribution in [0.4, 0.5) is 5.69 Å². The quantitative estimate of drug-likeness (QED) is 0.730. The second kappa shape index (κ2) is 6.62. The first-order valence-electron chi connectivity index (χ1n) is 6.41. The van der Waals surface area contributed by atoms with Crippen molar-refractivity contribution in [1.29, 1.82) is 0 Å². The van der Waals surface area contributed by atoms with Crippen molar-refractivity contribution in [2.24, 2.45) is 0 Å². The van der Waals surface area contributed by atoms with Gasteiger partial charge in [-0.15, -0.1) is 0 Å². The molecule has 0 fully saturated rings. The molecule has 0 unspecified atom stereocenters. The Labute approximate surface area is 140 Å². The Kier molecular flexibility index (Phi) is 5.06. The maximum atomic E-state index is 10.9. The van der Waals surface area contributed by atoms with E-state index in [2.05, 4.69) is 63.2 Å². The van der Waals surface area contributed by atoms with Gasteiger partial charge in [0.2, 0.25) is 0 Å². The molecule has 0 aromatic heterocycles. The predicted molar refractivity (Wildman–Crippen MR) is 92.0 cm³/mol. The Morgan fingerprint density at radius 3 is 2.29 bits per heavy atom. The van der Waals surface area contributed by atoms with Gasteiger partial charge in [0.05, 0.1) is 5.56 Å². The molecule has 0 atom stereocenters. The molecule has 0 spiro atoms. The van der Waals surface area contributed by atoms with Crippen LogP contribution in [-0.2, 0) is 6.54 Å². The largest absolute Gasteiger partial charge is 0.478 e. The molecule has 3 nitrogen and oxygen atoms in total. The number of hydrogen-bond donors (Lipinski definition) is 2. The van der Waals surface area contributed by atoms with E-state index < -0.39 is 5.97 Å². The van der Waals surface area contributed by atoms with Gasteiger partial charge in [-0.3, -0.25) is 0 Å². The summed E-state index contributed by atoms with van der Waals surface area (Å²) in [5.41, 5.74) is 4.73. The first-order valence-corrected chi connectivity index (χ1v) is 7.99. The normalized spacial score (nSPS) is 10.5. The molecule has 0 amide bonds. The molecule has 2 rings (SSSR count). The number of anilines is 1. The highest BCUT2D eigenvalue weighted by Crippen LogP contribution is 2.27. The number of rotatable bonds is 4. The number of carboxylic acid groups (broad SMARTS) is 1. The number of hydrogen-bond acceptors (Lipinski definition) is 2. The molecule has 0 saturated heterocycles. The number of carbonyl (C=O) groups is 1. The van der Waals surface area contributed by atoms with Crippen molar-refractivity contribution >= 4 is 43.5 Å². The van der Waals surface area contributed by atoms with Gasteiger partial charge in [0.25, 0.3) is 0 Å². The van der Waals surface area contributed by atoms with Gasteiger partial charge in [-0.2, -0.15) is 0 Å². The van der Waals surface area contributed by atoms with Crippen LogP contribution in [0.1, 0.15) is 27.0 Å². The van der Waals surface area contributed by atoms with Crippen LogP contribution in [0.2, 0.25) is 0 Å². The Balaban J connectivity index is 2.19. The molecule has 0 saturated carbocycles. The summed E-state index contributed by atoms with van der Waals surface area (Å²) in [5.74, 6) is -0.921. The van der Waals surface area contributed by atoms with Crippen LogP contribution in [0.5, 0.6) is 0 Å². The van der Waals surface area contributed by atoms with Gasteiger partial charge < -0.3 is 10.4 Å². The number of aromatic carboxylic acids is 1. The summed E-state index contributed by atoms with van der Waals surface area (Å²) < 4.78 is 1.86. The fourth-order valence-corrected chi connectivity index (χ4v) is 3.40. The SMILES string of the molecule is Cc1cc(Br)cc(C)c1NCc1ccc(C(=O)O)cc1Br. The van der Waals surface area contributed by atoms with Crippen LogP contribution in [0.3, 0.4) is 0 Å². The minimum atomic E-state index is -0.921. The van der Waals surface area contributed by atoms with Gasteiger partial charge >= 0.3 is 5.97 Å². The minimum Gasteiger partial charge on any atom is -0.478 e. The second-order valence-electron chi connectivity index (χ2n) is 4.88. The van der Waals surface area contributed by atoms with Crippen LogP contribution < -0.4 is 5.32 Å². The van der Waals surface area contributed by atoms with Gasteiger partial charge in [-0.1, -0.05) is 37.9 Å². The lowest BCUT2D eigenvalue weighted by atomic mass is 10.1. The zero-order valence-electron chi connectivity index (χ0n) is 11.7. The number of aryl methyl sites for hydroxylation is 2. The topological polar surface area (TPSA) is 49.3 Å². The zero-order chi connectivity index (χ0) is 15.6. The van der Waals surface area contributed by atoms with Crippen LogP contribution in [-0.4, -0.2) is 11.1 Å². The Morgan fingerprint density at radius 2 is 1.76 bits per heavy atom. The van der Waals surface area contributed by atoms with Crippen molar-refractivity contribution in [3.05, 3.63) is 61.5 Å². The number of halogens is 2. The smallest absolute Gasteiger partial charge is 0.335 e. The maximum absolute atomic E-state index is 10.9. The average Bonchev–Trinajstić information content (AvgIpc) is 2.38. The van der Waals surface area contributed by atoms with Crippen molar-refractivity contribution in [3.8, 4) is 0 Å². The third kappa shape index (κ3) is 3.86. The highest BCUT2D eigenvalue weighted by molar-refractivity contribution is 9.10. The van der Waals surface area contributed by atoms with E-state index in [0.29, 0.717) is 6.54 Å². The minimum absolute atomic E-state index is 0.279. The van der Waals surface area contributed by atoms with E-state index >= 15 is 0 Å². The molecular formula is C16H15Br2NO2. The lowest BCUT2D eigenvalue weighted by Gasteiger charge is -2.14. The van der Waals surface area contributed by atoms with E-state index in [1.165, 1.54) is 11.1 Å². The Hall–Kier alpha value is -1.33. The molecule has 2 N–H and O–H groups in total. The first-order chi connectivity index (χ1) is 9.88. The maximum Gasteiger partial charge on any atom is 0.335 e. The van der Waals surface area contributed by atoms with Crippen LogP contribution in [0.15, 0.2) is 39.3 Å². The summed E-state index contributed by atoms with van der Waals surface area (Å²) in [6.45, 7) is 4.75. The zero-order valence-corrected chi connectivity index (χ0v) is 14.9. The van der Waals surface area contributed by atoms with E-state index in [-0.39, 0.29) is 5.56 Å². The van der Waals surface area contributed by atoms with Crippen LogP contribution in [0.25, 0.3) is 0 Å². The van der Waals surface area contributed by atoms with Gasteiger partial charge in [0.1, 0.15) is 0 Å². The molecule has 110 valence electrons. The summed E-state index contributed by atoms with van der Waals surface area (Å²) in [4.78, 5) is 10.9. The molecule has 21 heavy (non-hydrogen) atoms. The van der Waals surface area contributed by atoms with Crippen molar-refractivity contribution in [2.75, 3.05) is 5.32 Å². The van der Waals surface area contributed by atoms with E-state index in [1.807, 2.05) is 6.07 Å². The monoisotopic (exact) mass is 411 g/mol. The second-order valence-corrected chi connectivity index (χ2v) is 6.65.